The Labute approximate surface area is 225 Å². The highest BCUT2D eigenvalue weighted by atomic mass is 16.5. The van der Waals surface area contributed by atoms with Gasteiger partial charge in [-0.05, 0) is 52.2 Å². The molecule has 0 unspecified atom stereocenters. The van der Waals surface area contributed by atoms with Crippen molar-refractivity contribution in [3.63, 3.8) is 0 Å². The Bertz CT molecular complexity index is 1240. The molecule has 204 valence electrons. The maximum absolute atomic E-state index is 13.8. The van der Waals surface area contributed by atoms with Crippen LogP contribution in [-0.2, 0) is 10.2 Å². The van der Waals surface area contributed by atoms with Crippen LogP contribution in [0.25, 0.3) is 0 Å². The lowest BCUT2D eigenvalue weighted by Crippen LogP contribution is -2.61. The standard InChI is InChI=1S/C29H40N6O3/c1-18-14-22(31-19(2)23(18)27(37)38-7)33-12-13-35(29(5,6)17-33)26(36)21-15-30-25-24(32-21)28(3,4)16-34(25)20-10-8-9-11-20/h14-15,20H,8-13,16-17H2,1-7H3. The van der Waals surface area contributed by atoms with Gasteiger partial charge in [0.1, 0.15) is 11.5 Å². The molecule has 38 heavy (non-hydrogen) atoms. The fourth-order valence-corrected chi connectivity index (χ4v) is 6.49. The third-order valence-corrected chi connectivity index (χ3v) is 8.46. The monoisotopic (exact) mass is 520 g/mol. The molecule has 1 saturated heterocycles. The minimum atomic E-state index is -0.452. The van der Waals surface area contributed by atoms with Crippen LogP contribution in [0, 0.1) is 13.8 Å². The van der Waals surface area contributed by atoms with Crippen molar-refractivity contribution in [1.82, 2.24) is 19.9 Å². The van der Waals surface area contributed by atoms with E-state index in [0.29, 0.717) is 42.6 Å². The fourth-order valence-electron chi connectivity index (χ4n) is 6.49. The largest absolute Gasteiger partial charge is 0.465 e. The molecule has 0 spiro atoms. The second-order valence-corrected chi connectivity index (χ2v) is 12.3. The van der Waals surface area contributed by atoms with E-state index in [0.717, 1.165) is 29.4 Å². The summed E-state index contributed by atoms with van der Waals surface area (Å²) in [5, 5.41) is 0. The van der Waals surface area contributed by atoms with Crippen molar-refractivity contribution >= 4 is 23.5 Å². The second kappa shape index (κ2) is 9.50. The van der Waals surface area contributed by atoms with E-state index < -0.39 is 5.54 Å². The van der Waals surface area contributed by atoms with Crippen molar-refractivity contribution in [3.05, 3.63) is 40.5 Å². The highest BCUT2D eigenvalue weighted by Crippen LogP contribution is 2.41. The molecule has 3 aliphatic rings. The van der Waals surface area contributed by atoms with Gasteiger partial charge < -0.3 is 19.4 Å². The molecule has 0 atom stereocenters. The molecule has 0 bridgehead atoms. The molecular formula is C29H40N6O3. The van der Waals surface area contributed by atoms with Crippen LogP contribution in [-0.4, -0.2) is 76.6 Å². The summed E-state index contributed by atoms with van der Waals surface area (Å²) in [6.45, 7) is 15.0. The number of amides is 1. The van der Waals surface area contributed by atoms with Gasteiger partial charge in [0.05, 0.1) is 35.8 Å². The first-order chi connectivity index (χ1) is 17.9. The van der Waals surface area contributed by atoms with Crippen molar-refractivity contribution in [2.24, 2.45) is 0 Å². The van der Waals surface area contributed by atoms with Crippen LogP contribution in [0.15, 0.2) is 12.3 Å². The lowest BCUT2D eigenvalue weighted by atomic mass is 9.91. The topological polar surface area (TPSA) is 91.8 Å². The highest BCUT2D eigenvalue weighted by molar-refractivity contribution is 5.93. The van der Waals surface area contributed by atoms with E-state index in [1.165, 1.54) is 32.8 Å². The zero-order valence-corrected chi connectivity index (χ0v) is 23.8. The Balaban J connectivity index is 1.36. The molecular weight excluding hydrogens is 480 g/mol. The number of methoxy groups -OCH3 is 1. The van der Waals surface area contributed by atoms with Gasteiger partial charge in [-0.3, -0.25) is 4.79 Å². The van der Waals surface area contributed by atoms with Crippen LogP contribution >= 0.6 is 0 Å². The Morgan fingerprint density at radius 2 is 1.74 bits per heavy atom. The Kier molecular flexibility index (Phi) is 6.60. The summed E-state index contributed by atoms with van der Waals surface area (Å²) in [7, 11) is 1.38. The number of hydrogen-bond acceptors (Lipinski definition) is 8. The lowest BCUT2D eigenvalue weighted by molar-refractivity contribution is 0.0505. The number of carbonyl (C=O) groups is 2. The van der Waals surface area contributed by atoms with E-state index in [1.54, 1.807) is 6.20 Å². The molecule has 0 N–H and O–H groups in total. The Morgan fingerprint density at radius 3 is 2.37 bits per heavy atom. The van der Waals surface area contributed by atoms with Gasteiger partial charge in [0.25, 0.3) is 5.91 Å². The van der Waals surface area contributed by atoms with Gasteiger partial charge in [-0.25, -0.2) is 19.7 Å². The van der Waals surface area contributed by atoms with Crippen LogP contribution in [0.1, 0.15) is 91.2 Å². The van der Waals surface area contributed by atoms with Gasteiger partial charge in [0, 0.05) is 37.6 Å². The molecule has 1 saturated carbocycles. The Hall–Kier alpha value is -3.23. The number of hydrogen-bond donors (Lipinski definition) is 0. The number of aromatic nitrogens is 3. The van der Waals surface area contributed by atoms with E-state index in [-0.39, 0.29) is 17.3 Å². The van der Waals surface area contributed by atoms with Gasteiger partial charge in [-0.1, -0.05) is 26.7 Å². The molecule has 2 aromatic heterocycles. The number of aryl methyl sites for hydroxylation is 2. The summed E-state index contributed by atoms with van der Waals surface area (Å²) in [6, 6.07) is 2.46. The summed E-state index contributed by atoms with van der Waals surface area (Å²) in [5.41, 5.74) is 2.74. The lowest BCUT2D eigenvalue weighted by Gasteiger charge is -2.47. The SMILES string of the molecule is COC(=O)c1c(C)cc(N2CCN(C(=O)c3cnc4c(n3)C(C)(C)CN4C3CCCC3)C(C)(C)C2)nc1C. The predicted molar refractivity (Wildman–Crippen MR) is 147 cm³/mol. The molecule has 2 fully saturated rings. The number of rotatable bonds is 4. The first-order valence-corrected chi connectivity index (χ1v) is 13.7. The van der Waals surface area contributed by atoms with E-state index in [9.17, 15) is 9.59 Å². The number of carbonyl (C=O) groups excluding carboxylic acids is 2. The number of pyridine rings is 1. The van der Waals surface area contributed by atoms with Gasteiger partial charge in [0.15, 0.2) is 5.82 Å². The molecule has 9 heteroatoms. The fraction of sp³-hybridized carbons (Fsp3) is 0.621. The number of nitrogens with zero attached hydrogens (tertiary/aromatic N) is 6. The van der Waals surface area contributed by atoms with Gasteiger partial charge in [-0.2, -0.15) is 0 Å². The summed E-state index contributed by atoms with van der Waals surface area (Å²) < 4.78 is 4.92. The maximum atomic E-state index is 13.8. The summed E-state index contributed by atoms with van der Waals surface area (Å²) in [6.07, 6.45) is 6.62. The number of fused-ring (bicyclic) bond motifs is 1. The third kappa shape index (κ3) is 4.50. The highest BCUT2D eigenvalue weighted by Gasteiger charge is 2.43. The second-order valence-electron chi connectivity index (χ2n) is 12.3. The van der Waals surface area contributed by atoms with Crippen LogP contribution in [0.4, 0.5) is 11.6 Å². The zero-order valence-electron chi connectivity index (χ0n) is 23.8. The third-order valence-electron chi connectivity index (χ3n) is 8.46. The normalized spacial score (nSPS) is 20.6. The minimum Gasteiger partial charge on any atom is -0.465 e. The van der Waals surface area contributed by atoms with Crippen molar-refractivity contribution in [3.8, 4) is 0 Å². The first kappa shape index (κ1) is 26.4. The quantitative estimate of drug-likeness (QED) is 0.558. The zero-order chi connectivity index (χ0) is 27.4. The van der Waals surface area contributed by atoms with Crippen molar-refractivity contribution in [1.29, 1.82) is 0 Å². The number of esters is 1. The van der Waals surface area contributed by atoms with Crippen molar-refractivity contribution in [2.75, 3.05) is 43.1 Å². The van der Waals surface area contributed by atoms with Gasteiger partial charge in [-0.15, -0.1) is 0 Å². The van der Waals surface area contributed by atoms with Crippen LogP contribution < -0.4 is 9.80 Å². The molecule has 0 aromatic carbocycles. The summed E-state index contributed by atoms with van der Waals surface area (Å²) in [4.78, 5) is 46.9. The molecule has 4 heterocycles. The summed E-state index contributed by atoms with van der Waals surface area (Å²) in [5.74, 6) is 1.30. The number of anilines is 2. The average Bonchev–Trinajstić information content (AvgIpc) is 3.48. The smallest absolute Gasteiger partial charge is 0.339 e. The first-order valence-electron chi connectivity index (χ1n) is 13.7. The van der Waals surface area contributed by atoms with Gasteiger partial charge in [0.2, 0.25) is 0 Å². The maximum Gasteiger partial charge on any atom is 0.339 e. The Morgan fingerprint density at radius 1 is 1.03 bits per heavy atom. The molecule has 2 aromatic rings. The molecule has 1 amide bonds. The van der Waals surface area contributed by atoms with E-state index in [2.05, 4.69) is 37.5 Å². The van der Waals surface area contributed by atoms with Gasteiger partial charge >= 0.3 is 5.97 Å². The number of ether oxygens (including phenoxy) is 1. The molecule has 1 aliphatic carbocycles. The average molecular weight is 521 g/mol. The van der Waals surface area contributed by atoms with E-state index in [1.807, 2.05) is 24.8 Å². The number of piperazine rings is 1. The molecule has 0 radical (unpaired) electrons. The molecule has 5 rings (SSSR count). The van der Waals surface area contributed by atoms with E-state index in [4.69, 9.17) is 19.7 Å². The van der Waals surface area contributed by atoms with Crippen LogP contribution in [0.3, 0.4) is 0 Å². The molecule has 2 aliphatic heterocycles. The van der Waals surface area contributed by atoms with E-state index >= 15 is 0 Å². The van der Waals surface area contributed by atoms with Crippen molar-refractivity contribution < 1.29 is 14.3 Å². The minimum absolute atomic E-state index is 0.0820. The van der Waals surface area contributed by atoms with Crippen LogP contribution in [0.2, 0.25) is 0 Å². The van der Waals surface area contributed by atoms with Crippen molar-refractivity contribution in [2.45, 2.75) is 84.2 Å². The van der Waals surface area contributed by atoms with Crippen LogP contribution in [0.5, 0.6) is 0 Å². The summed E-state index contributed by atoms with van der Waals surface area (Å²) >= 11 is 0. The predicted octanol–water partition coefficient (Wildman–Crippen LogP) is 4.06. The molecule has 9 nitrogen and oxygen atoms in total.